The predicted octanol–water partition coefficient (Wildman–Crippen LogP) is 4.90. The zero-order valence-corrected chi connectivity index (χ0v) is 16.0. The molecule has 1 aromatic heterocycles. The summed E-state index contributed by atoms with van der Waals surface area (Å²) in [5, 5.41) is 2.48. The van der Waals surface area contributed by atoms with Crippen molar-refractivity contribution in [2.45, 2.75) is 19.8 Å². The van der Waals surface area contributed by atoms with E-state index in [2.05, 4.69) is 10.3 Å². The van der Waals surface area contributed by atoms with Gasteiger partial charge in [-0.2, -0.15) is 0 Å². The van der Waals surface area contributed by atoms with Crippen molar-refractivity contribution in [2.75, 3.05) is 12.4 Å². The lowest BCUT2D eigenvalue weighted by molar-refractivity contribution is -0.115. The largest absolute Gasteiger partial charge is 0.496 e. The first-order valence-electron chi connectivity index (χ1n) is 9.02. The Kier molecular flexibility index (Phi) is 6.39. The van der Waals surface area contributed by atoms with E-state index in [1.165, 1.54) is 0 Å². The highest BCUT2D eigenvalue weighted by molar-refractivity contribution is 5.92. The van der Waals surface area contributed by atoms with Gasteiger partial charge >= 0.3 is 0 Å². The van der Waals surface area contributed by atoms with Crippen molar-refractivity contribution in [3.05, 3.63) is 77.6 Å². The van der Waals surface area contributed by atoms with Crippen molar-refractivity contribution in [1.29, 1.82) is 0 Å². The fourth-order valence-corrected chi connectivity index (χ4v) is 2.84. The van der Waals surface area contributed by atoms with Gasteiger partial charge in [-0.1, -0.05) is 13.0 Å². The molecular weight excluding hydrogens is 378 g/mol. The number of carbonyl (C=O) groups excluding carboxylic acids is 1. The summed E-state index contributed by atoms with van der Waals surface area (Å²) in [6.07, 6.45) is 3.86. The summed E-state index contributed by atoms with van der Waals surface area (Å²) in [6, 6.07) is 10.4. The number of aryl methyl sites for hydroxylation is 1. The molecule has 150 valence electrons. The molecule has 29 heavy (non-hydrogen) atoms. The number of nitrogens with zero attached hydrogens (tertiary/aromatic N) is 1. The standard InChI is InChI=1S/C22H20F2N2O3/c1-3-15-10-17(6-7-20(15)28-2)29-22-18(23)11-16(12-19(22)24)26-21(27)9-14-5-4-8-25-13-14/h4-8,10-13H,3,9H2,1-2H3,(H,26,27). The van der Waals surface area contributed by atoms with E-state index >= 15 is 0 Å². The van der Waals surface area contributed by atoms with E-state index in [0.717, 1.165) is 17.7 Å². The predicted molar refractivity (Wildman–Crippen MR) is 105 cm³/mol. The van der Waals surface area contributed by atoms with Gasteiger partial charge < -0.3 is 14.8 Å². The highest BCUT2D eigenvalue weighted by Crippen LogP contribution is 2.32. The van der Waals surface area contributed by atoms with E-state index in [0.29, 0.717) is 17.7 Å². The first-order valence-corrected chi connectivity index (χ1v) is 9.02. The number of aromatic nitrogens is 1. The first-order chi connectivity index (χ1) is 14.0. The summed E-state index contributed by atoms with van der Waals surface area (Å²) in [5.74, 6) is -1.83. The average Bonchev–Trinajstić information content (AvgIpc) is 2.71. The van der Waals surface area contributed by atoms with Gasteiger partial charge in [-0.25, -0.2) is 8.78 Å². The first kappa shape index (κ1) is 20.3. The van der Waals surface area contributed by atoms with Crippen LogP contribution in [0.2, 0.25) is 0 Å². The number of rotatable bonds is 7. The van der Waals surface area contributed by atoms with Crippen LogP contribution in [-0.2, 0) is 17.6 Å². The molecule has 0 saturated heterocycles. The number of hydrogen-bond donors (Lipinski definition) is 1. The van der Waals surface area contributed by atoms with Crippen LogP contribution in [0.5, 0.6) is 17.2 Å². The molecule has 0 saturated carbocycles. The van der Waals surface area contributed by atoms with Gasteiger partial charge in [-0.15, -0.1) is 0 Å². The summed E-state index contributed by atoms with van der Waals surface area (Å²) in [4.78, 5) is 16.0. The minimum atomic E-state index is -0.921. The third kappa shape index (κ3) is 5.07. The summed E-state index contributed by atoms with van der Waals surface area (Å²) in [6.45, 7) is 1.94. The summed E-state index contributed by atoms with van der Waals surface area (Å²) in [5.41, 5.74) is 1.55. The topological polar surface area (TPSA) is 60.5 Å². The normalized spacial score (nSPS) is 10.5. The number of carbonyl (C=O) groups is 1. The molecular formula is C22H20F2N2O3. The van der Waals surface area contributed by atoms with Gasteiger partial charge in [0.2, 0.25) is 5.91 Å². The molecule has 0 radical (unpaired) electrons. The van der Waals surface area contributed by atoms with Crippen LogP contribution >= 0.6 is 0 Å². The number of pyridine rings is 1. The third-order valence-electron chi connectivity index (χ3n) is 4.22. The second-order valence-electron chi connectivity index (χ2n) is 6.28. The maximum atomic E-state index is 14.5. The van der Waals surface area contributed by atoms with E-state index in [-0.39, 0.29) is 17.9 Å². The van der Waals surface area contributed by atoms with Gasteiger partial charge in [0.15, 0.2) is 17.4 Å². The van der Waals surface area contributed by atoms with Crippen molar-refractivity contribution in [3.8, 4) is 17.2 Å². The Morgan fingerprint density at radius 3 is 2.52 bits per heavy atom. The molecule has 0 unspecified atom stereocenters. The smallest absolute Gasteiger partial charge is 0.228 e. The monoisotopic (exact) mass is 398 g/mol. The number of halogens is 2. The highest BCUT2D eigenvalue weighted by atomic mass is 19.1. The van der Waals surface area contributed by atoms with E-state index in [1.54, 1.807) is 49.8 Å². The molecule has 1 amide bonds. The number of nitrogens with one attached hydrogen (secondary N) is 1. The molecule has 5 nitrogen and oxygen atoms in total. The Morgan fingerprint density at radius 1 is 1.14 bits per heavy atom. The van der Waals surface area contributed by atoms with E-state index in [9.17, 15) is 13.6 Å². The zero-order valence-electron chi connectivity index (χ0n) is 16.0. The Labute approximate surface area is 167 Å². The van der Waals surface area contributed by atoms with Crippen LogP contribution in [-0.4, -0.2) is 18.0 Å². The van der Waals surface area contributed by atoms with Crippen LogP contribution in [0.25, 0.3) is 0 Å². The molecule has 0 aliphatic carbocycles. The number of ether oxygens (including phenoxy) is 2. The Bertz CT molecular complexity index is 987. The lowest BCUT2D eigenvalue weighted by Crippen LogP contribution is -2.15. The van der Waals surface area contributed by atoms with Crippen molar-refractivity contribution in [2.24, 2.45) is 0 Å². The Hall–Kier alpha value is -3.48. The van der Waals surface area contributed by atoms with Crippen molar-refractivity contribution in [1.82, 2.24) is 4.98 Å². The second kappa shape index (κ2) is 9.14. The van der Waals surface area contributed by atoms with Crippen LogP contribution in [0.15, 0.2) is 54.9 Å². The lowest BCUT2D eigenvalue weighted by atomic mass is 10.1. The molecule has 1 heterocycles. The number of anilines is 1. The Balaban J connectivity index is 1.75. The van der Waals surface area contributed by atoms with Crippen LogP contribution in [0.1, 0.15) is 18.1 Å². The summed E-state index contributed by atoms with van der Waals surface area (Å²) in [7, 11) is 1.55. The zero-order chi connectivity index (χ0) is 20.8. The maximum absolute atomic E-state index is 14.5. The highest BCUT2D eigenvalue weighted by Gasteiger charge is 2.16. The van der Waals surface area contributed by atoms with Gasteiger partial charge in [0.1, 0.15) is 11.5 Å². The minimum Gasteiger partial charge on any atom is -0.496 e. The molecule has 2 aromatic carbocycles. The van der Waals surface area contributed by atoms with Crippen molar-refractivity contribution in [3.63, 3.8) is 0 Å². The molecule has 1 N–H and O–H groups in total. The van der Waals surface area contributed by atoms with Crippen molar-refractivity contribution < 1.29 is 23.0 Å². The molecule has 7 heteroatoms. The number of benzene rings is 2. The second-order valence-corrected chi connectivity index (χ2v) is 6.28. The molecule has 0 aliphatic heterocycles. The SMILES string of the molecule is CCc1cc(Oc2c(F)cc(NC(=O)Cc3cccnc3)cc2F)ccc1OC. The van der Waals surface area contributed by atoms with Gasteiger partial charge in [0, 0.05) is 30.2 Å². The quantitative estimate of drug-likeness (QED) is 0.615. The minimum absolute atomic E-state index is 0.00483. The average molecular weight is 398 g/mol. The molecule has 0 atom stereocenters. The van der Waals surface area contributed by atoms with E-state index < -0.39 is 23.3 Å². The van der Waals surface area contributed by atoms with Crippen LogP contribution in [0, 0.1) is 11.6 Å². The van der Waals surface area contributed by atoms with Gasteiger partial charge in [-0.05, 0) is 41.8 Å². The van der Waals surface area contributed by atoms with Gasteiger partial charge in [0.05, 0.1) is 13.5 Å². The fourth-order valence-electron chi connectivity index (χ4n) is 2.84. The molecule has 0 bridgehead atoms. The third-order valence-corrected chi connectivity index (χ3v) is 4.22. The van der Waals surface area contributed by atoms with Crippen LogP contribution in [0.4, 0.5) is 14.5 Å². The fraction of sp³-hybridized carbons (Fsp3) is 0.182. The molecule has 0 aliphatic rings. The lowest BCUT2D eigenvalue weighted by Gasteiger charge is -2.13. The van der Waals surface area contributed by atoms with Crippen LogP contribution < -0.4 is 14.8 Å². The molecule has 3 aromatic rings. The van der Waals surface area contributed by atoms with Gasteiger partial charge in [-0.3, -0.25) is 9.78 Å². The number of amides is 1. The molecule has 0 fully saturated rings. The van der Waals surface area contributed by atoms with Gasteiger partial charge in [0.25, 0.3) is 0 Å². The summed E-state index contributed by atoms with van der Waals surface area (Å²) >= 11 is 0. The van der Waals surface area contributed by atoms with Crippen molar-refractivity contribution >= 4 is 11.6 Å². The van der Waals surface area contributed by atoms with Crippen LogP contribution in [0.3, 0.4) is 0 Å². The number of hydrogen-bond acceptors (Lipinski definition) is 4. The number of methoxy groups -OCH3 is 1. The maximum Gasteiger partial charge on any atom is 0.228 e. The van der Waals surface area contributed by atoms with E-state index in [1.807, 2.05) is 6.92 Å². The molecule has 3 rings (SSSR count). The summed E-state index contributed by atoms with van der Waals surface area (Å²) < 4.78 is 39.5. The Morgan fingerprint density at radius 2 is 1.90 bits per heavy atom. The molecule has 0 spiro atoms. The van der Waals surface area contributed by atoms with E-state index in [4.69, 9.17) is 9.47 Å².